The molecule has 0 atom stereocenters. The summed E-state index contributed by atoms with van der Waals surface area (Å²) in [7, 11) is 1.50. The van der Waals surface area contributed by atoms with Crippen molar-refractivity contribution >= 4 is 0 Å². The highest BCUT2D eigenvalue weighted by Gasteiger charge is 2.12. The summed E-state index contributed by atoms with van der Waals surface area (Å²) in [4.78, 5) is 4.35. The third-order valence-corrected chi connectivity index (χ3v) is 3.16. The number of rotatable bonds is 3. The Morgan fingerprint density at radius 3 is 2.43 bits per heavy atom. The predicted octanol–water partition coefficient (Wildman–Crippen LogP) is 3.43. The summed E-state index contributed by atoms with van der Waals surface area (Å²) in [5, 5.41) is 13.8. The van der Waals surface area contributed by atoms with Crippen LogP contribution in [0.25, 0.3) is 22.8 Å². The summed E-state index contributed by atoms with van der Waals surface area (Å²) >= 11 is 0. The normalized spacial score (nSPS) is 10.6. The largest absolute Gasteiger partial charge is 0.504 e. The number of hydrogen-bond donors (Lipinski definition) is 1. The van der Waals surface area contributed by atoms with E-state index in [1.54, 1.807) is 12.1 Å². The smallest absolute Gasteiger partial charge is 0.258 e. The third kappa shape index (κ3) is 2.58. The predicted molar refractivity (Wildman–Crippen MR) is 78.1 cm³/mol. The summed E-state index contributed by atoms with van der Waals surface area (Å²) in [6, 6.07) is 12.8. The minimum atomic E-state index is 0.0325. The maximum Gasteiger partial charge on any atom is 0.258 e. The van der Waals surface area contributed by atoms with Crippen molar-refractivity contribution in [3.8, 4) is 34.3 Å². The van der Waals surface area contributed by atoms with Crippen LogP contribution < -0.4 is 4.74 Å². The molecular weight excluding hydrogens is 268 g/mol. The van der Waals surface area contributed by atoms with Crippen molar-refractivity contribution < 1.29 is 14.4 Å². The highest BCUT2D eigenvalue weighted by molar-refractivity contribution is 5.62. The average Bonchev–Trinajstić information content (AvgIpc) is 2.98. The SMILES string of the molecule is COc1ccc(-c2nc(-c3ccc(C)cc3)no2)cc1O. The van der Waals surface area contributed by atoms with Gasteiger partial charge in [-0.2, -0.15) is 4.98 Å². The molecule has 0 saturated carbocycles. The minimum absolute atomic E-state index is 0.0325. The lowest BCUT2D eigenvalue weighted by atomic mass is 10.1. The van der Waals surface area contributed by atoms with Crippen LogP contribution in [0.1, 0.15) is 5.56 Å². The number of aromatic nitrogens is 2. The molecule has 21 heavy (non-hydrogen) atoms. The first-order valence-electron chi connectivity index (χ1n) is 6.45. The molecule has 0 spiro atoms. The summed E-state index contributed by atoms with van der Waals surface area (Å²) in [5.74, 6) is 1.30. The van der Waals surface area contributed by atoms with Gasteiger partial charge in [0.2, 0.25) is 5.82 Å². The second-order valence-electron chi connectivity index (χ2n) is 4.68. The zero-order valence-corrected chi connectivity index (χ0v) is 11.7. The van der Waals surface area contributed by atoms with Gasteiger partial charge in [-0.3, -0.25) is 0 Å². The van der Waals surface area contributed by atoms with Crippen LogP contribution >= 0.6 is 0 Å². The summed E-state index contributed by atoms with van der Waals surface area (Å²) in [5.41, 5.74) is 2.69. The van der Waals surface area contributed by atoms with Gasteiger partial charge in [0.25, 0.3) is 5.89 Å². The van der Waals surface area contributed by atoms with Crippen molar-refractivity contribution in [1.29, 1.82) is 0 Å². The number of benzene rings is 2. The number of hydrogen-bond acceptors (Lipinski definition) is 5. The van der Waals surface area contributed by atoms with E-state index in [4.69, 9.17) is 9.26 Å². The number of ether oxygens (including phenoxy) is 1. The molecule has 5 heteroatoms. The Bertz CT molecular complexity index is 763. The summed E-state index contributed by atoms with van der Waals surface area (Å²) < 4.78 is 10.3. The van der Waals surface area contributed by atoms with Gasteiger partial charge in [0.15, 0.2) is 11.5 Å². The standard InChI is InChI=1S/C16H14N2O3/c1-10-3-5-11(6-4-10)15-17-16(21-18-15)12-7-8-14(20-2)13(19)9-12/h3-9,19H,1-2H3. The quantitative estimate of drug-likeness (QED) is 0.797. The number of methoxy groups -OCH3 is 1. The van der Waals surface area contributed by atoms with Gasteiger partial charge in [-0.1, -0.05) is 35.0 Å². The monoisotopic (exact) mass is 282 g/mol. The van der Waals surface area contributed by atoms with Gasteiger partial charge in [-0.25, -0.2) is 0 Å². The van der Waals surface area contributed by atoms with Crippen LogP contribution in [0.15, 0.2) is 47.0 Å². The van der Waals surface area contributed by atoms with Crippen molar-refractivity contribution in [3.05, 3.63) is 48.0 Å². The molecule has 0 aliphatic heterocycles. The van der Waals surface area contributed by atoms with E-state index in [0.717, 1.165) is 5.56 Å². The van der Waals surface area contributed by atoms with Crippen LogP contribution in [0.3, 0.4) is 0 Å². The lowest BCUT2D eigenvalue weighted by Crippen LogP contribution is -1.85. The molecule has 3 aromatic rings. The molecule has 1 heterocycles. The molecular formula is C16H14N2O3. The van der Waals surface area contributed by atoms with Gasteiger partial charge < -0.3 is 14.4 Å². The van der Waals surface area contributed by atoms with E-state index in [-0.39, 0.29) is 5.75 Å². The summed E-state index contributed by atoms with van der Waals surface area (Å²) in [6.07, 6.45) is 0. The molecule has 0 radical (unpaired) electrons. The Kier molecular flexibility index (Phi) is 3.31. The van der Waals surface area contributed by atoms with E-state index in [2.05, 4.69) is 10.1 Å². The minimum Gasteiger partial charge on any atom is -0.504 e. The molecule has 0 amide bonds. The molecule has 2 aromatic carbocycles. The first kappa shape index (κ1) is 13.2. The number of nitrogens with zero attached hydrogens (tertiary/aromatic N) is 2. The molecule has 0 bridgehead atoms. The Balaban J connectivity index is 1.94. The molecule has 1 N–H and O–H groups in total. The van der Waals surface area contributed by atoms with Gasteiger partial charge in [0.05, 0.1) is 7.11 Å². The fourth-order valence-corrected chi connectivity index (χ4v) is 1.98. The van der Waals surface area contributed by atoms with Gasteiger partial charge in [-0.05, 0) is 25.1 Å². The molecule has 0 aliphatic rings. The zero-order chi connectivity index (χ0) is 14.8. The van der Waals surface area contributed by atoms with Crippen molar-refractivity contribution in [1.82, 2.24) is 10.1 Å². The second-order valence-corrected chi connectivity index (χ2v) is 4.68. The molecule has 5 nitrogen and oxygen atoms in total. The first-order chi connectivity index (χ1) is 10.2. The maximum absolute atomic E-state index is 9.79. The highest BCUT2D eigenvalue weighted by Crippen LogP contribution is 2.31. The van der Waals surface area contributed by atoms with Crippen LogP contribution in [0.2, 0.25) is 0 Å². The lowest BCUT2D eigenvalue weighted by Gasteiger charge is -2.03. The van der Waals surface area contributed by atoms with E-state index in [9.17, 15) is 5.11 Å². The first-order valence-corrected chi connectivity index (χ1v) is 6.45. The van der Waals surface area contributed by atoms with Gasteiger partial charge in [-0.15, -0.1) is 0 Å². The molecule has 3 rings (SSSR count). The van der Waals surface area contributed by atoms with Crippen LogP contribution in [0.5, 0.6) is 11.5 Å². The third-order valence-electron chi connectivity index (χ3n) is 3.16. The molecule has 1 aromatic heterocycles. The molecule has 0 saturated heterocycles. The van der Waals surface area contributed by atoms with Crippen LogP contribution in [-0.2, 0) is 0 Å². The van der Waals surface area contributed by atoms with Gasteiger partial charge >= 0.3 is 0 Å². The number of aryl methyl sites for hydroxylation is 1. The Morgan fingerprint density at radius 2 is 1.76 bits per heavy atom. The molecule has 0 aliphatic carbocycles. The molecule has 0 fully saturated rings. The fraction of sp³-hybridized carbons (Fsp3) is 0.125. The van der Waals surface area contributed by atoms with Crippen LogP contribution in [-0.4, -0.2) is 22.4 Å². The number of aromatic hydroxyl groups is 1. The van der Waals surface area contributed by atoms with E-state index < -0.39 is 0 Å². The maximum atomic E-state index is 9.79. The second kappa shape index (κ2) is 5.28. The Morgan fingerprint density at radius 1 is 1.05 bits per heavy atom. The Hall–Kier alpha value is -2.82. The average molecular weight is 282 g/mol. The van der Waals surface area contributed by atoms with Crippen molar-refractivity contribution in [2.45, 2.75) is 6.92 Å². The number of phenolic OH excluding ortho intramolecular Hbond substituents is 1. The zero-order valence-electron chi connectivity index (χ0n) is 11.7. The highest BCUT2D eigenvalue weighted by atomic mass is 16.5. The van der Waals surface area contributed by atoms with E-state index in [1.807, 2.05) is 31.2 Å². The lowest BCUT2D eigenvalue weighted by molar-refractivity contribution is 0.373. The van der Waals surface area contributed by atoms with Gasteiger partial charge in [0.1, 0.15) is 0 Å². The van der Waals surface area contributed by atoms with E-state index >= 15 is 0 Å². The van der Waals surface area contributed by atoms with Crippen LogP contribution in [0.4, 0.5) is 0 Å². The molecule has 106 valence electrons. The van der Waals surface area contributed by atoms with Crippen LogP contribution in [0, 0.1) is 6.92 Å². The molecule has 0 unspecified atom stereocenters. The fourth-order valence-electron chi connectivity index (χ4n) is 1.98. The van der Waals surface area contributed by atoms with E-state index in [0.29, 0.717) is 23.0 Å². The van der Waals surface area contributed by atoms with E-state index in [1.165, 1.54) is 18.7 Å². The topological polar surface area (TPSA) is 68.4 Å². The van der Waals surface area contributed by atoms with Crippen molar-refractivity contribution in [2.75, 3.05) is 7.11 Å². The Labute approximate surface area is 121 Å². The number of phenols is 1. The van der Waals surface area contributed by atoms with Crippen molar-refractivity contribution in [2.24, 2.45) is 0 Å². The summed E-state index contributed by atoms with van der Waals surface area (Å²) in [6.45, 7) is 2.02. The van der Waals surface area contributed by atoms with Gasteiger partial charge in [0, 0.05) is 11.1 Å². The van der Waals surface area contributed by atoms with Crippen molar-refractivity contribution in [3.63, 3.8) is 0 Å².